The molecule has 0 aromatic heterocycles. The summed E-state index contributed by atoms with van der Waals surface area (Å²) in [4.78, 5) is 28.4. The first kappa shape index (κ1) is 21.1. The van der Waals surface area contributed by atoms with Gasteiger partial charge in [0.2, 0.25) is 18.6 Å². The lowest BCUT2D eigenvalue weighted by Crippen LogP contribution is -2.52. The Bertz CT molecular complexity index is 1380. The molecule has 2 unspecified atom stereocenters. The third-order valence-electron chi connectivity index (χ3n) is 6.67. The number of rotatable bonds is 4. The highest BCUT2D eigenvalue weighted by molar-refractivity contribution is 6.42. The van der Waals surface area contributed by atoms with E-state index >= 15 is 0 Å². The predicted molar refractivity (Wildman–Crippen MR) is 126 cm³/mol. The molecule has 3 aliphatic heterocycles. The van der Waals surface area contributed by atoms with E-state index in [1.54, 1.807) is 30.3 Å². The summed E-state index contributed by atoms with van der Waals surface area (Å²) >= 11 is 12.6. The van der Waals surface area contributed by atoms with Crippen LogP contribution in [-0.4, -0.2) is 31.3 Å². The number of nitrogens with two attached hydrogens (primary N) is 1. The van der Waals surface area contributed by atoms with E-state index in [1.165, 1.54) is 4.90 Å². The number of nitrogens with zero attached hydrogens (tertiary/aromatic N) is 1. The van der Waals surface area contributed by atoms with Crippen molar-refractivity contribution in [2.75, 3.05) is 18.3 Å². The number of fused-ring (bicyclic) bond motifs is 5. The third-order valence-corrected chi connectivity index (χ3v) is 7.53. The monoisotopic (exact) mass is 496 g/mol. The van der Waals surface area contributed by atoms with Gasteiger partial charge in [0.05, 0.1) is 10.0 Å². The normalized spacial score (nSPS) is 20.3. The molecular formula is C25H18Cl2N2O5. The summed E-state index contributed by atoms with van der Waals surface area (Å²) in [6.45, 7) is 0.188. The number of ether oxygens (including phenoxy) is 3. The van der Waals surface area contributed by atoms with Gasteiger partial charge in [0.15, 0.2) is 11.5 Å². The van der Waals surface area contributed by atoms with Crippen LogP contribution in [0.3, 0.4) is 0 Å². The number of halogens is 2. The van der Waals surface area contributed by atoms with Gasteiger partial charge in [0, 0.05) is 23.7 Å². The Kier molecular flexibility index (Phi) is 4.69. The first-order valence-corrected chi connectivity index (χ1v) is 11.4. The molecule has 0 aliphatic carbocycles. The summed E-state index contributed by atoms with van der Waals surface area (Å²) in [5.74, 6) is 0.707. The molecule has 0 bridgehead atoms. The van der Waals surface area contributed by atoms with Gasteiger partial charge < -0.3 is 19.9 Å². The molecule has 172 valence electrons. The van der Waals surface area contributed by atoms with Gasteiger partial charge in [-0.1, -0.05) is 53.5 Å². The van der Waals surface area contributed by atoms with Crippen LogP contribution < -0.4 is 24.8 Å². The summed E-state index contributed by atoms with van der Waals surface area (Å²) in [5.41, 5.74) is 7.34. The van der Waals surface area contributed by atoms with Crippen molar-refractivity contribution in [3.63, 3.8) is 0 Å². The average molecular weight is 497 g/mol. The SMILES string of the molecule is NC(=O)C(Cc1cccc(Cl)c1Cl)N1C(=O)C2(COc3cc4c(cc32)OCO4)c2ccccc21. The molecule has 0 radical (unpaired) electrons. The zero-order valence-corrected chi connectivity index (χ0v) is 19.2. The number of para-hydroxylation sites is 1. The van der Waals surface area contributed by atoms with Gasteiger partial charge in [0.25, 0.3) is 0 Å². The second-order valence-corrected chi connectivity index (χ2v) is 9.21. The molecular weight excluding hydrogens is 479 g/mol. The molecule has 2 N–H and O–H groups in total. The van der Waals surface area contributed by atoms with Crippen molar-refractivity contribution < 1.29 is 23.8 Å². The second kappa shape index (κ2) is 7.55. The van der Waals surface area contributed by atoms with Crippen molar-refractivity contribution in [1.82, 2.24) is 0 Å². The summed E-state index contributed by atoms with van der Waals surface area (Å²) in [7, 11) is 0. The molecule has 3 aromatic rings. The van der Waals surface area contributed by atoms with Crippen LogP contribution in [0.4, 0.5) is 5.69 Å². The van der Waals surface area contributed by atoms with Crippen LogP contribution in [-0.2, 0) is 21.4 Å². The molecule has 0 saturated heterocycles. The van der Waals surface area contributed by atoms with Crippen molar-refractivity contribution in [1.29, 1.82) is 0 Å². The van der Waals surface area contributed by atoms with Gasteiger partial charge in [-0.3, -0.25) is 14.5 Å². The molecule has 7 nitrogen and oxygen atoms in total. The van der Waals surface area contributed by atoms with Gasteiger partial charge in [-0.15, -0.1) is 0 Å². The number of carbonyl (C=O) groups is 2. The first-order chi connectivity index (χ1) is 16.4. The van der Waals surface area contributed by atoms with E-state index in [1.807, 2.05) is 24.3 Å². The molecule has 2 atom stereocenters. The van der Waals surface area contributed by atoms with Gasteiger partial charge in [-0.25, -0.2) is 0 Å². The third kappa shape index (κ3) is 2.83. The van der Waals surface area contributed by atoms with E-state index in [4.69, 9.17) is 43.1 Å². The van der Waals surface area contributed by atoms with Crippen molar-refractivity contribution in [3.8, 4) is 17.2 Å². The summed E-state index contributed by atoms with van der Waals surface area (Å²) in [5, 5.41) is 0.688. The topological polar surface area (TPSA) is 91.1 Å². The van der Waals surface area contributed by atoms with Crippen molar-refractivity contribution >= 4 is 40.7 Å². The van der Waals surface area contributed by atoms with Crippen molar-refractivity contribution in [3.05, 3.63) is 81.3 Å². The Labute approximate surface area is 204 Å². The van der Waals surface area contributed by atoms with Crippen LogP contribution >= 0.6 is 23.2 Å². The zero-order valence-electron chi connectivity index (χ0n) is 17.7. The van der Waals surface area contributed by atoms with Gasteiger partial charge in [-0.05, 0) is 29.3 Å². The molecule has 34 heavy (non-hydrogen) atoms. The molecule has 0 fully saturated rings. The summed E-state index contributed by atoms with van der Waals surface area (Å²) in [6.07, 6.45) is 0.111. The first-order valence-electron chi connectivity index (χ1n) is 10.6. The largest absolute Gasteiger partial charge is 0.491 e. The van der Waals surface area contributed by atoms with Gasteiger partial charge in [-0.2, -0.15) is 0 Å². The second-order valence-electron chi connectivity index (χ2n) is 8.42. The summed E-state index contributed by atoms with van der Waals surface area (Å²) in [6, 6.07) is 15.1. The lowest BCUT2D eigenvalue weighted by atomic mass is 9.77. The van der Waals surface area contributed by atoms with Crippen LogP contribution in [0.1, 0.15) is 16.7 Å². The molecule has 0 saturated carbocycles. The number of hydrogen-bond donors (Lipinski definition) is 1. The van der Waals surface area contributed by atoms with Crippen LogP contribution in [0.2, 0.25) is 10.0 Å². The highest BCUT2D eigenvalue weighted by atomic mass is 35.5. The molecule has 2 amide bonds. The highest BCUT2D eigenvalue weighted by Gasteiger charge is 2.59. The number of hydrogen-bond acceptors (Lipinski definition) is 5. The number of amides is 2. The smallest absolute Gasteiger partial charge is 0.246 e. The molecule has 9 heteroatoms. The fourth-order valence-corrected chi connectivity index (χ4v) is 5.45. The Morgan fingerprint density at radius 3 is 2.56 bits per heavy atom. The Morgan fingerprint density at radius 2 is 1.76 bits per heavy atom. The highest BCUT2D eigenvalue weighted by Crippen LogP contribution is 2.55. The van der Waals surface area contributed by atoms with E-state index in [0.717, 1.165) is 5.56 Å². The van der Waals surface area contributed by atoms with E-state index in [0.29, 0.717) is 44.1 Å². The number of carbonyl (C=O) groups excluding carboxylic acids is 2. The van der Waals surface area contributed by atoms with Crippen LogP contribution in [0.5, 0.6) is 17.2 Å². The molecule has 3 aliphatic rings. The lowest BCUT2D eigenvalue weighted by molar-refractivity contribution is -0.126. The van der Waals surface area contributed by atoms with Crippen molar-refractivity contribution in [2.45, 2.75) is 17.9 Å². The van der Waals surface area contributed by atoms with Crippen LogP contribution in [0.25, 0.3) is 0 Å². The van der Waals surface area contributed by atoms with Gasteiger partial charge in [0.1, 0.15) is 23.8 Å². The van der Waals surface area contributed by atoms with E-state index in [9.17, 15) is 9.59 Å². The van der Waals surface area contributed by atoms with E-state index in [-0.39, 0.29) is 25.7 Å². The number of benzene rings is 3. The standard InChI is InChI=1S/C25H18Cl2N2O5/c26-16-6-3-4-13(22(16)27)8-18(23(28)30)29-17-7-2-1-5-14(17)25(24(29)31)11-32-19-10-21-20(9-15(19)25)33-12-34-21/h1-7,9-10,18H,8,11-12H2,(H2,28,30). The minimum atomic E-state index is -1.14. The molecule has 1 spiro atoms. The number of primary amides is 1. The van der Waals surface area contributed by atoms with E-state index < -0.39 is 17.4 Å². The average Bonchev–Trinajstić information content (AvgIpc) is 3.50. The maximum Gasteiger partial charge on any atom is 0.246 e. The fraction of sp³-hybridized carbons (Fsp3) is 0.200. The summed E-state index contributed by atoms with van der Waals surface area (Å²) < 4.78 is 17.0. The maximum atomic E-state index is 14.2. The molecule has 6 rings (SSSR count). The van der Waals surface area contributed by atoms with Gasteiger partial charge >= 0.3 is 0 Å². The van der Waals surface area contributed by atoms with Crippen LogP contribution in [0.15, 0.2) is 54.6 Å². The molecule has 3 heterocycles. The molecule has 3 aromatic carbocycles. The van der Waals surface area contributed by atoms with E-state index in [2.05, 4.69) is 0 Å². The minimum absolute atomic E-state index is 0.0843. The Hall–Kier alpha value is -3.42. The maximum absolute atomic E-state index is 14.2. The predicted octanol–water partition coefficient (Wildman–Crippen LogP) is 3.84. The quantitative estimate of drug-likeness (QED) is 0.592. The Morgan fingerprint density at radius 1 is 1.00 bits per heavy atom. The Balaban J connectivity index is 1.49. The number of anilines is 1. The minimum Gasteiger partial charge on any atom is -0.491 e. The zero-order chi connectivity index (χ0) is 23.6. The van der Waals surface area contributed by atoms with Crippen LogP contribution in [0, 0.1) is 0 Å². The fourth-order valence-electron chi connectivity index (χ4n) is 5.06. The lowest BCUT2D eigenvalue weighted by Gasteiger charge is -2.29. The van der Waals surface area contributed by atoms with Crippen molar-refractivity contribution in [2.24, 2.45) is 5.73 Å².